The molecule has 3 heteroatoms. The Hall–Kier alpha value is -0.960. The highest BCUT2D eigenvalue weighted by Crippen LogP contribution is 2.37. The van der Waals surface area contributed by atoms with E-state index in [1.54, 1.807) is 6.20 Å². The van der Waals surface area contributed by atoms with Crippen molar-refractivity contribution in [3.63, 3.8) is 0 Å². The average Bonchev–Trinajstić information content (AvgIpc) is 2.69. The fourth-order valence-electron chi connectivity index (χ4n) is 1.15. The molecule has 3 nitrogen and oxygen atoms in total. The van der Waals surface area contributed by atoms with Gasteiger partial charge in [-0.25, -0.2) is 0 Å². The van der Waals surface area contributed by atoms with E-state index in [-0.39, 0.29) is 0 Å². The smallest absolute Gasteiger partial charge is 0.0633 e. The molecule has 0 radical (unpaired) electrons. The highest BCUT2D eigenvalue weighted by atomic mass is 14.8. The second-order valence-corrected chi connectivity index (χ2v) is 3.09. The van der Waals surface area contributed by atoms with E-state index in [4.69, 9.17) is 5.73 Å². The molecule has 0 amide bonds. The number of nitrogens with two attached hydrogens (primary N) is 1. The summed E-state index contributed by atoms with van der Waals surface area (Å²) in [4.78, 5) is 8.40. The molecule has 0 spiro atoms. The second kappa shape index (κ2) is 2.27. The van der Waals surface area contributed by atoms with Crippen molar-refractivity contribution in [1.29, 1.82) is 0 Å². The summed E-state index contributed by atoms with van der Waals surface area (Å²) >= 11 is 0. The third-order valence-electron chi connectivity index (χ3n) is 2.02. The van der Waals surface area contributed by atoms with Crippen molar-refractivity contribution in [2.45, 2.75) is 25.3 Å². The Labute approximate surface area is 65.7 Å². The van der Waals surface area contributed by atoms with Crippen molar-refractivity contribution in [2.75, 3.05) is 0 Å². The molecule has 1 saturated carbocycles. The molecule has 0 aliphatic heterocycles. The number of hydrogen-bond donors (Lipinski definition) is 1. The van der Waals surface area contributed by atoms with Gasteiger partial charge in [0.25, 0.3) is 0 Å². The average molecular weight is 149 g/mol. The van der Waals surface area contributed by atoms with Crippen molar-refractivity contribution in [1.82, 2.24) is 9.97 Å². The Bertz CT molecular complexity index is 255. The number of nitrogens with zero attached hydrogens (tertiary/aromatic N) is 2. The summed E-state index contributed by atoms with van der Waals surface area (Å²) in [7, 11) is 0. The molecule has 1 aromatic heterocycles. The van der Waals surface area contributed by atoms with E-state index >= 15 is 0 Å². The van der Waals surface area contributed by atoms with Gasteiger partial charge in [-0.1, -0.05) is 0 Å². The molecule has 1 aromatic rings. The number of aromatic nitrogens is 2. The molecule has 1 heterocycles. The summed E-state index contributed by atoms with van der Waals surface area (Å²) in [6.07, 6.45) is 4.69. The zero-order valence-electron chi connectivity index (χ0n) is 6.49. The molecule has 0 unspecified atom stereocenters. The van der Waals surface area contributed by atoms with E-state index in [0.717, 1.165) is 17.8 Å². The van der Waals surface area contributed by atoms with E-state index in [0.29, 0.717) is 12.0 Å². The SMILES string of the molecule is Cc1cnc([C@@H]2C[C@H]2N)cn1. The molecule has 2 rings (SSSR count). The molecular formula is C8H11N3. The van der Waals surface area contributed by atoms with Gasteiger partial charge in [-0.2, -0.15) is 0 Å². The van der Waals surface area contributed by atoms with Crippen LogP contribution in [0.5, 0.6) is 0 Å². The second-order valence-electron chi connectivity index (χ2n) is 3.09. The highest BCUT2D eigenvalue weighted by Gasteiger charge is 2.36. The first-order chi connectivity index (χ1) is 5.27. The van der Waals surface area contributed by atoms with E-state index < -0.39 is 0 Å². The molecule has 0 aromatic carbocycles. The number of aryl methyl sites for hydroxylation is 1. The van der Waals surface area contributed by atoms with Crippen molar-refractivity contribution in [2.24, 2.45) is 5.73 Å². The van der Waals surface area contributed by atoms with Crippen LogP contribution in [0, 0.1) is 6.92 Å². The largest absolute Gasteiger partial charge is 0.327 e. The van der Waals surface area contributed by atoms with Crippen LogP contribution in [0.15, 0.2) is 12.4 Å². The van der Waals surface area contributed by atoms with E-state index in [1.807, 2.05) is 13.1 Å². The lowest BCUT2D eigenvalue weighted by Crippen LogP contribution is -2.02. The van der Waals surface area contributed by atoms with Crippen LogP contribution in [-0.2, 0) is 0 Å². The summed E-state index contributed by atoms with van der Waals surface area (Å²) in [5, 5.41) is 0. The molecule has 2 N–H and O–H groups in total. The van der Waals surface area contributed by atoms with Gasteiger partial charge in [0.1, 0.15) is 0 Å². The first kappa shape index (κ1) is 6.73. The first-order valence-corrected chi connectivity index (χ1v) is 3.81. The Morgan fingerprint density at radius 1 is 1.45 bits per heavy atom. The third kappa shape index (κ3) is 1.24. The molecule has 11 heavy (non-hydrogen) atoms. The number of hydrogen-bond acceptors (Lipinski definition) is 3. The third-order valence-corrected chi connectivity index (χ3v) is 2.02. The predicted molar refractivity (Wildman–Crippen MR) is 42.1 cm³/mol. The van der Waals surface area contributed by atoms with E-state index in [2.05, 4.69) is 9.97 Å². The van der Waals surface area contributed by atoms with Crippen molar-refractivity contribution in [3.05, 3.63) is 23.8 Å². The van der Waals surface area contributed by atoms with Crippen LogP contribution >= 0.6 is 0 Å². The van der Waals surface area contributed by atoms with E-state index in [9.17, 15) is 0 Å². The maximum Gasteiger partial charge on any atom is 0.0633 e. The number of rotatable bonds is 1. The van der Waals surface area contributed by atoms with Crippen LogP contribution in [0.1, 0.15) is 23.7 Å². The summed E-state index contributed by atoms with van der Waals surface area (Å²) in [6, 6.07) is 0.326. The minimum atomic E-state index is 0.326. The predicted octanol–water partition coefficient (Wildman–Crippen LogP) is 0.600. The molecule has 1 aliphatic rings. The summed E-state index contributed by atoms with van der Waals surface area (Å²) in [5.74, 6) is 0.475. The van der Waals surface area contributed by atoms with Crippen LogP contribution in [0.3, 0.4) is 0 Å². The molecule has 0 saturated heterocycles. The van der Waals surface area contributed by atoms with Gasteiger partial charge >= 0.3 is 0 Å². The van der Waals surface area contributed by atoms with Crippen LogP contribution in [-0.4, -0.2) is 16.0 Å². The maximum absolute atomic E-state index is 5.67. The van der Waals surface area contributed by atoms with Crippen LogP contribution in [0.2, 0.25) is 0 Å². The Morgan fingerprint density at radius 2 is 2.18 bits per heavy atom. The van der Waals surface area contributed by atoms with Gasteiger partial charge in [0.2, 0.25) is 0 Å². The van der Waals surface area contributed by atoms with Crippen LogP contribution < -0.4 is 5.73 Å². The van der Waals surface area contributed by atoms with Gasteiger partial charge in [-0.3, -0.25) is 9.97 Å². The fourth-order valence-corrected chi connectivity index (χ4v) is 1.15. The van der Waals surface area contributed by atoms with Gasteiger partial charge in [0, 0.05) is 24.4 Å². The Balaban J connectivity index is 2.21. The monoisotopic (exact) mass is 149 g/mol. The minimum Gasteiger partial charge on any atom is -0.327 e. The zero-order valence-corrected chi connectivity index (χ0v) is 6.49. The molecule has 2 atom stereocenters. The fraction of sp³-hybridized carbons (Fsp3) is 0.500. The highest BCUT2D eigenvalue weighted by molar-refractivity contribution is 5.17. The molecule has 1 fully saturated rings. The van der Waals surface area contributed by atoms with Gasteiger partial charge in [-0.15, -0.1) is 0 Å². The van der Waals surface area contributed by atoms with Crippen molar-refractivity contribution in [3.8, 4) is 0 Å². The van der Waals surface area contributed by atoms with Crippen molar-refractivity contribution >= 4 is 0 Å². The lowest BCUT2D eigenvalue weighted by molar-refractivity contribution is 0.917. The normalized spacial score (nSPS) is 28.5. The molecule has 58 valence electrons. The molecule has 0 bridgehead atoms. The maximum atomic E-state index is 5.67. The minimum absolute atomic E-state index is 0.326. The first-order valence-electron chi connectivity index (χ1n) is 3.81. The van der Waals surface area contributed by atoms with Crippen LogP contribution in [0.4, 0.5) is 0 Å². The summed E-state index contributed by atoms with van der Waals surface area (Å²) < 4.78 is 0. The molecule has 1 aliphatic carbocycles. The van der Waals surface area contributed by atoms with Gasteiger partial charge in [-0.05, 0) is 13.3 Å². The quantitative estimate of drug-likeness (QED) is 0.636. The lowest BCUT2D eigenvalue weighted by Gasteiger charge is -1.95. The Morgan fingerprint density at radius 3 is 2.64 bits per heavy atom. The zero-order chi connectivity index (χ0) is 7.84. The van der Waals surface area contributed by atoms with Gasteiger partial charge < -0.3 is 5.73 Å². The van der Waals surface area contributed by atoms with Crippen LogP contribution in [0.25, 0.3) is 0 Å². The Kier molecular flexibility index (Phi) is 1.39. The standard InChI is InChI=1S/C8H11N3/c1-5-3-11-8(4-10-5)6-2-7(6)9/h3-4,6-7H,2,9H2,1H3/t6-,7-/m1/s1. The van der Waals surface area contributed by atoms with Crippen molar-refractivity contribution < 1.29 is 0 Å². The van der Waals surface area contributed by atoms with Gasteiger partial charge in [0.05, 0.1) is 11.4 Å². The summed E-state index contributed by atoms with van der Waals surface area (Å²) in [5.41, 5.74) is 7.67. The van der Waals surface area contributed by atoms with Gasteiger partial charge in [0.15, 0.2) is 0 Å². The molecular weight excluding hydrogens is 138 g/mol. The summed E-state index contributed by atoms with van der Waals surface area (Å²) in [6.45, 7) is 1.93. The topological polar surface area (TPSA) is 51.8 Å². The van der Waals surface area contributed by atoms with E-state index in [1.165, 1.54) is 0 Å². The lowest BCUT2D eigenvalue weighted by atomic mass is 10.3.